The highest BCUT2D eigenvalue weighted by Gasteiger charge is 2.25. The predicted octanol–water partition coefficient (Wildman–Crippen LogP) is 1.51. The van der Waals surface area contributed by atoms with Crippen LogP contribution in [0.4, 0.5) is 5.69 Å². The summed E-state index contributed by atoms with van der Waals surface area (Å²) in [5.74, 6) is -0.0792. The van der Waals surface area contributed by atoms with E-state index >= 15 is 0 Å². The van der Waals surface area contributed by atoms with Crippen molar-refractivity contribution in [3.8, 4) is 0 Å². The van der Waals surface area contributed by atoms with Crippen molar-refractivity contribution in [1.29, 1.82) is 0 Å². The zero-order valence-electron chi connectivity index (χ0n) is 14.1. The molecule has 5 nitrogen and oxygen atoms in total. The van der Waals surface area contributed by atoms with E-state index in [1.54, 1.807) is 24.3 Å². The summed E-state index contributed by atoms with van der Waals surface area (Å²) in [4.78, 5) is 25.3. The molecule has 0 atom stereocenters. The molecule has 0 bridgehead atoms. The fourth-order valence-electron chi connectivity index (χ4n) is 2.58. The van der Waals surface area contributed by atoms with Gasteiger partial charge in [0.2, 0.25) is 5.91 Å². The number of carbonyl (C=O) groups is 2. The maximum absolute atomic E-state index is 12.0. The van der Waals surface area contributed by atoms with Crippen LogP contribution in [-0.4, -0.2) is 38.1 Å². The van der Waals surface area contributed by atoms with Crippen LogP contribution in [0.1, 0.15) is 43.5 Å². The second-order valence-corrected chi connectivity index (χ2v) is 6.04. The fourth-order valence-corrected chi connectivity index (χ4v) is 2.58. The van der Waals surface area contributed by atoms with Crippen molar-refractivity contribution >= 4 is 17.6 Å². The molecule has 23 heavy (non-hydrogen) atoms. The molecule has 0 aliphatic heterocycles. The molecule has 0 saturated heterocycles. The number of likely N-dealkylation sites (N-methyl/N-ethyl adjacent to an activating group) is 1. The average molecular weight is 319 g/mol. The van der Waals surface area contributed by atoms with Crippen molar-refractivity contribution in [2.75, 3.05) is 31.6 Å². The Balaban J connectivity index is 1.79. The monoisotopic (exact) mass is 319 g/mol. The van der Waals surface area contributed by atoms with Crippen LogP contribution in [0.3, 0.4) is 0 Å². The van der Waals surface area contributed by atoms with Gasteiger partial charge >= 0.3 is 5.97 Å². The molecule has 1 aliphatic carbocycles. The first-order valence-electron chi connectivity index (χ1n) is 8.55. The van der Waals surface area contributed by atoms with E-state index in [1.165, 1.54) is 4.90 Å². The number of hydrogen-bond acceptors (Lipinski definition) is 3. The van der Waals surface area contributed by atoms with Gasteiger partial charge < -0.3 is 15.0 Å². The van der Waals surface area contributed by atoms with Gasteiger partial charge in [0, 0.05) is 11.6 Å². The lowest BCUT2D eigenvalue weighted by atomic mass is 9.85. The molecule has 1 amide bonds. The molecule has 2 N–H and O–H groups in total. The van der Waals surface area contributed by atoms with Crippen LogP contribution in [-0.2, 0) is 9.53 Å². The molecule has 2 rings (SSSR count). The number of rotatable bonds is 8. The van der Waals surface area contributed by atoms with Gasteiger partial charge in [-0.05, 0) is 51.0 Å². The van der Waals surface area contributed by atoms with Crippen molar-refractivity contribution in [2.24, 2.45) is 5.92 Å². The summed E-state index contributed by atoms with van der Waals surface area (Å²) < 4.78 is 5.30. The summed E-state index contributed by atoms with van der Waals surface area (Å²) in [5.41, 5.74) is 1.24. The number of amides is 1. The molecular weight excluding hydrogens is 292 g/mol. The minimum absolute atomic E-state index is 0.0776. The first-order chi connectivity index (χ1) is 11.1. The predicted molar refractivity (Wildman–Crippen MR) is 89.6 cm³/mol. The van der Waals surface area contributed by atoms with E-state index in [0.717, 1.165) is 44.6 Å². The van der Waals surface area contributed by atoms with Crippen molar-refractivity contribution < 1.29 is 19.2 Å². The highest BCUT2D eigenvalue weighted by Crippen LogP contribution is 2.27. The van der Waals surface area contributed by atoms with Crippen molar-refractivity contribution in [1.82, 2.24) is 0 Å². The molecule has 0 aromatic heterocycles. The van der Waals surface area contributed by atoms with Crippen molar-refractivity contribution in [3.63, 3.8) is 0 Å². The largest absolute Gasteiger partial charge is 0.456 e. The third-order valence-electron chi connectivity index (χ3n) is 4.55. The Morgan fingerprint density at radius 1 is 1.17 bits per heavy atom. The summed E-state index contributed by atoms with van der Waals surface area (Å²) in [6.45, 7) is 7.56. The number of esters is 1. The van der Waals surface area contributed by atoms with Gasteiger partial charge in [0.1, 0.15) is 13.2 Å². The van der Waals surface area contributed by atoms with E-state index in [4.69, 9.17) is 4.74 Å². The lowest BCUT2D eigenvalue weighted by Gasteiger charge is -2.24. The molecule has 1 aliphatic rings. The van der Waals surface area contributed by atoms with E-state index in [9.17, 15) is 9.59 Å². The van der Waals surface area contributed by atoms with Gasteiger partial charge in [0.05, 0.1) is 18.7 Å². The first kappa shape index (κ1) is 17.5. The van der Waals surface area contributed by atoms with E-state index in [0.29, 0.717) is 12.2 Å². The second kappa shape index (κ2) is 8.67. The zero-order chi connectivity index (χ0) is 16.7. The van der Waals surface area contributed by atoms with E-state index in [1.807, 2.05) is 0 Å². The molecular formula is C18H27N2O3+. The number of carbonyl (C=O) groups excluding carboxylic acids is 2. The summed E-state index contributed by atoms with van der Waals surface area (Å²) in [7, 11) is 0. The Kier molecular flexibility index (Phi) is 6.59. The molecule has 0 heterocycles. The highest BCUT2D eigenvalue weighted by molar-refractivity contribution is 5.94. The van der Waals surface area contributed by atoms with Gasteiger partial charge in [0.15, 0.2) is 0 Å². The topological polar surface area (TPSA) is 59.8 Å². The lowest BCUT2D eigenvalue weighted by Crippen LogP contribution is -3.11. The summed E-state index contributed by atoms with van der Waals surface area (Å²) >= 11 is 0. The molecule has 0 unspecified atom stereocenters. The minimum atomic E-state index is -0.312. The Labute approximate surface area is 138 Å². The Morgan fingerprint density at radius 2 is 1.83 bits per heavy atom. The van der Waals surface area contributed by atoms with Gasteiger partial charge in [-0.3, -0.25) is 4.79 Å². The van der Waals surface area contributed by atoms with E-state index < -0.39 is 0 Å². The Hall–Kier alpha value is -1.88. The van der Waals surface area contributed by atoms with Crippen LogP contribution >= 0.6 is 0 Å². The van der Waals surface area contributed by atoms with Crippen LogP contribution in [0.25, 0.3) is 0 Å². The van der Waals surface area contributed by atoms with Crippen molar-refractivity contribution in [3.05, 3.63) is 29.8 Å². The SMILES string of the molecule is CC[NH+](CC)CCOC(=O)c1ccc(NC(=O)C2CCC2)cc1. The second-order valence-electron chi connectivity index (χ2n) is 6.04. The third-order valence-corrected chi connectivity index (χ3v) is 4.55. The molecule has 1 saturated carbocycles. The first-order valence-corrected chi connectivity index (χ1v) is 8.55. The minimum Gasteiger partial charge on any atom is -0.456 e. The quantitative estimate of drug-likeness (QED) is 0.714. The fraction of sp³-hybridized carbons (Fsp3) is 0.556. The van der Waals surface area contributed by atoms with E-state index in [2.05, 4.69) is 19.2 Å². The third kappa shape index (κ3) is 5.06. The lowest BCUT2D eigenvalue weighted by molar-refractivity contribution is -0.896. The van der Waals surface area contributed by atoms with Gasteiger partial charge in [-0.1, -0.05) is 6.42 Å². The molecule has 1 aromatic carbocycles. The number of hydrogen-bond donors (Lipinski definition) is 2. The standard InChI is InChI=1S/C18H26N2O3/c1-3-20(4-2)12-13-23-18(22)15-8-10-16(11-9-15)19-17(21)14-6-5-7-14/h8-11,14H,3-7,12-13H2,1-2H3,(H,19,21)/p+1. The number of anilines is 1. The summed E-state index contributed by atoms with van der Waals surface area (Å²) in [5, 5.41) is 2.89. The smallest absolute Gasteiger partial charge is 0.338 e. The molecule has 5 heteroatoms. The summed E-state index contributed by atoms with van der Waals surface area (Å²) in [6.07, 6.45) is 3.09. The molecule has 0 radical (unpaired) electrons. The highest BCUT2D eigenvalue weighted by atomic mass is 16.5. The summed E-state index contributed by atoms with van der Waals surface area (Å²) in [6, 6.07) is 6.90. The van der Waals surface area contributed by atoms with Crippen molar-refractivity contribution in [2.45, 2.75) is 33.1 Å². The molecule has 0 spiro atoms. The van der Waals surface area contributed by atoms with Crippen LogP contribution in [0.5, 0.6) is 0 Å². The average Bonchev–Trinajstić information content (AvgIpc) is 2.50. The zero-order valence-corrected chi connectivity index (χ0v) is 14.1. The van der Waals surface area contributed by atoms with Gasteiger partial charge in [0.25, 0.3) is 0 Å². The van der Waals surface area contributed by atoms with Crippen LogP contribution in [0.15, 0.2) is 24.3 Å². The van der Waals surface area contributed by atoms with Gasteiger partial charge in [-0.15, -0.1) is 0 Å². The van der Waals surface area contributed by atoms with Crippen LogP contribution < -0.4 is 10.2 Å². The maximum Gasteiger partial charge on any atom is 0.338 e. The normalized spacial score (nSPS) is 14.4. The number of ether oxygens (including phenoxy) is 1. The van der Waals surface area contributed by atoms with Crippen LogP contribution in [0.2, 0.25) is 0 Å². The number of nitrogens with one attached hydrogen (secondary N) is 2. The molecule has 126 valence electrons. The number of benzene rings is 1. The maximum atomic E-state index is 12.0. The molecule has 1 aromatic rings. The van der Waals surface area contributed by atoms with E-state index in [-0.39, 0.29) is 17.8 Å². The Bertz CT molecular complexity index is 520. The number of quaternary nitrogens is 1. The van der Waals surface area contributed by atoms with Gasteiger partial charge in [-0.2, -0.15) is 0 Å². The van der Waals surface area contributed by atoms with Crippen LogP contribution in [0, 0.1) is 5.92 Å². The Morgan fingerprint density at radius 3 is 2.35 bits per heavy atom. The van der Waals surface area contributed by atoms with Gasteiger partial charge in [-0.25, -0.2) is 4.79 Å². The molecule has 1 fully saturated rings.